The van der Waals surface area contributed by atoms with Crippen LogP contribution in [-0.4, -0.2) is 12.9 Å². The van der Waals surface area contributed by atoms with E-state index in [1.165, 1.54) is 5.56 Å². The summed E-state index contributed by atoms with van der Waals surface area (Å²) in [6.45, 7) is 1.90. The van der Waals surface area contributed by atoms with Gasteiger partial charge in [-0.3, -0.25) is 4.79 Å². The van der Waals surface area contributed by atoms with Crippen LogP contribution in [0.25, 0.3) is 0 Å². The van der Waals surface area contributed by atoms with E-state index in [0.717, 1.165) is 23.4 Å². The van der Waals surface area contributed by atoms with Crippen molar-refractivity contribution in [1.82, 2.24) is 5.32 Å². The van der Waals surface area contributed by atoms with E-state index in [-0.39, 0.29) is 17.6 Å². The number of hydrogen-bond donors (Lipinski definition) is 1. The van der Waals surface area contributed by atoms with Crippen LogP contribution in [0.3, 0.4) is 0 Å². The van der Waals surface area contributed by atoms with Gasteiger partial charge in [-0.1, -0.05) is 48.5 Å². The summed E-state index contributed by atoms with van der Waals surface area (Å²) in [6, 6.07) is 20.1. The Balaban J connectivity index is 1.83. The Bertz CT molecular complexity index is 1030. The van der Waals surface area contributed by atoms with Gasteiger partial charge in [0.1, 0.15) is 5.75 Å². The first-order valence-corrected chi connectivity index (χ1v) is 9.46. The lowest BCUT2D eigenvalue weighted by molar-refractivity contribution is -0.116. The number of nitrogens with one attached hydrogen (secondary N) is 1. The Morgan fingerprint density at radius 2 is 1.79 bits per heavy atom. The Kier molecular flexibility index (Phi) is 4.75. The number of carbonyl (C=O) groups excluding carboxylic acids is 1. The summed E-state index contributed by atoms with van der Waals surface area (Å²) in [5, 5.41) is 13.2. The van der Waals surface area contributed by atoms with E-state index in [1.807, 2.05) is 49.4 Å². The van der Waals surface area contributed by atoms with Crippen molar-refractivity contribution in [3.63, 3.8) is 0 Å². The molecule has 0 saturated heterocycles. The SMILES string of the molecule is COc1ccccc1C1C(C#N)=C(C)NC2=C1C(=O)CC(c1ccccc1)C2. The lowest BCUT2D eigenvalue weighted by Gasteiger charge is -2.36. The average Bonchev–Trinajstić information content (AvgIpc) is 2.73. The lowest BCUT2D eigenvalue weighted by atomic mass is 9.72. The number of ether oxygens (including phenoxy) is 1. The first kappa shape index (κ1) is 18.1. The van der Waals surface area contributed by atoms with E-state index in [4.69, 9.17) is 4.74 Å². The van der Waals surface area contributed by atoms with Crippen LogP contribution in [0, 0.1) is 11.3 Å². The second kappa shape index (κ2) is 7.36. The van der Waals surface area contributed by atoms with Crippen LogP contribution in [0.1, 0.15) is 42.7 Å². The first-order valence-electron chi connectivity index (χ1n) is 9.46. The molecule has 140 valence electrons. The van der Waals surface area contributed by atoms with Crippen LogP contribution in [0.15, 0.2) is 77.1 Å². The van der Waals surface area contributed by atoms with E-state index in [9.17, 15) is 10.1 Å². The molecule has 0 bridgehead atoms. The molecule has 4 rings (SSSR count). The molecule has 0 fully saturated rings. The molecule has 2 aromatic carbocycles. The predicted octanol–water partition coefficient (Wildman–Crippen LogP) is 4.58. The molecule has 1 N–H and O–H groups in total. The number of benzene rings is 2. The van der Waals surface area contributed by atoms with E-state index >= 15 is 0 Å². The molecule has 2 atom stereocenters. The Hall–Kier alpha value is -3.32. The van der Waals surface area contributed by atoms with Crippen molar-refractivity contribution in [1.29, 1.82) is 5.26 Å². The highest BCUT2D eigenvalue weighted by Gasteiger charge is 2.39. The van der Waals surface area contributed by atoms with Crippen LogP contribution in [0.4, 0.5) is 0 Å². The minimum atomic E-state index is -0.387. The van der Waals surface area contributed by atoms with Gasteiger partial charge < -0.3 is 10.1 Å². The summed E-state index contributed by atoms with van der Waals surface area (Å²) in [5.41, 5.74) is 5.05. The fourth-order valence-corrected chi connectivity index (χ4v) is 4.36. The summed E-state index contributed by atoms with van der Waals surface area (Å²) < 4.78 is 5.55. The van der Waals surface area contributed by atoms with Crippen molar-refractivity contribution in [3.8, 4) is 11.8 Å². The Labute approximate surface area is 165 Å². The fraction of sp³-hybridized carbons (Fsp3) is 0.250. The molecular formula is C24H22N2O2. The van der Waals surface area contributed by atoms with Gasteiger partial charge in [-0.15, -0.1) is 0 Å². The van der Waals surface area contributed by atoms with Crippen molar-refractivity contribution in [2.75, 3.05) is 7.11 Å². The van der Waals surface area contributed by atoms with Gasteiger partial charge in [0.05, 0.1) is 24.7 Å². The number of Topliss-reactive ketones (excluding diaryl/α,β-unsaturated/α-hetero) is 1. The molecule has 4 nitrogen and oxygen atoms in total. The number of rotatable bonds is 3. The molecule has 1 aliphatic heterocycles. The zero-order valence-electron chi connectivity index (χ0n) is 16.0. The second-order valence-corrected chi connectivity index (χ2v) is 7.28. The van der Waals surface area contributed by atoms with E-state index < -0.39 is 0 Å². The molecular weight excluding hydrogens is 348 g/mol. The summed E-state index contributed by atoms with van der Waals surface area (Å²) in [4.78, 5) is 13.3. The van der Waals surface area contributed by atoms with Crippen LogP contribution >= 0.6 is 0 Å². The first-order chi connectivity index (χ1) is 13.6. The molecule has 1 aliphatic carbocycles. The van der Waals surface area contributed by atoms with Gasteiger partial charge >= 0.3 is 0 Å². The van der Waals surface area contributed by atoms with Gasteiger partial charge in [-0.2, -0.15) is 5.26 Å². The van der Waals surface area contributed by atoms with Gasteiger partial charge in [0.15, 0.2) is 5.78 Å². The lowest BCUT2D eigenvalue weighted by Crippen LogP contribution is -2.33. The zero-order valence-corrected chi connectivity index (χ0v) is 16.0. The third-order valence-corrected chi connectivity index (χ3v) is 5.67. The van der Waals surface area contributed by atoms with Crippen molar-refractivity contribution >= 4 is 5.78 Å². The predicted molar refractivity (Wildman–Crippen MR) is 108 cm³/mol. The molecule has 4 heteroatoms. The summed E-state index contributed by atoms with van der Waals surface area (Å²) in [5.74, 6) is 0.551. The molecule has 1 heterocycles. The molecule has 0 amide bonds. The smallest absolute Gasteiger partial charge is 0.162 e. The average molecular weight is 370 g/mol. The number of carbonyl (C=O) groups is 1. The molecule has 0 saturated carbocycles. The number of nitriles is 1. The highest BCUT2D eigenvalue weighted by atomic mass is 16.5. The highest BCUT2D eigenvalue weighted by molar-refractivity contribution is 6.00. The van der Waals surface area contributed by atoms with E-state index in [2.05, 4.69) is 23.5 Å². The third-order valence-electron chi connectivity index (χ3n) is 5.67. The molecule has 28 heavy (non-hydrogen) atoms. The number of ketones is 1. The van der Waals surface area contributed by atoms with Crippen LogP contribution in [0.5, 0.6) is 5.75 Å². The maximum absolute atomic E-state index is 13.3. The zero-order chi connectivity index (χ0) is 19.7. The highest BCUT2D eigenvalue weighted by Crippen LogP contribution is 2.47. The quantitative estimate of drug-likeness (QED) is 0.859. The minimum Gasteiger partial charge on any atom is -0.496 e. The van der Waals surface area contributed by atoms with Gasteiger partial charge in [-0.05, 0) is 30.9 Å². The third kappa shape index (κ3) is 2.99. The number of dihydropyridines is 1. The van der Waals surface area contributed by atoms with Crippen LogP contribution in [0.2, 0.25) is 0 Å². The summed E-state index contributed by atoms with van der Waals surface area (Å²) in [6.07, 6.45) is 1.21. The van der Waals surface area contributed by atoms with Crippen molar-refractivity contribution < 1.29 is 9.53 Å². The standard InChI is InChI=1S/C24H22N2O2/c1-15-19(14-25)23(18-10-6-7-11-22(18)28-2)24-20(26-15)12-17(13-21(24)27)16-8-4-3-5-9-16/h3-11,17,23,26H,12-13H2,1-2H3. The molecule has 2 aromatic rings. The van der Waals surface area contributed by atoms with Crippen LogP contribution < -0.4 is 10.1 Å². The topological polar surface area (TPSA) is 62.1 Å². The van der Waals surface area contributed by atoms with Gasteiger partial charge in [0.25, 0.3) is 0 Å². The normalized spacial score (nSPS) is 21.7. The van der Waals surface area contributed by atoms with Crippen molar-refractivity contribution in [2.24, 2.45) is 0 Å². The Morgan fingerprint density at radius 3 is 2.50 bits per heavy atom. The maximum atomic E-state index is 13.3. The molecule has 0 spiro atoms. The van der Waals surface area contributed by atoms with Gasteiger partial charge in [0, 0.05) is 29.0 Å². The number of para-hydroxylation sites is 1. The largest absolute Gasteiger partial charge is 0.496 e. The number of nitrogens with zero attached hydrogens (tertiary/aromatic N) is 1. The number of methoxy groups -OCH3 is 1. The van der Waals surface area contributed by atoms with Gasteiger partial charge in [-0.25, -0.2) is 0 Å². The van der Waals surface area contributed by atoms with Gasteiger partial charge in [0.2, 0.25) is 0 Å². The van der Waals surface area contributed by atoms with Crippen LogP contribution in [-0.2, 0) is 4.79 Å². The Morgan fingerprint density at radius 1 is 1.07 bits per heavy atom. The molecule has 2 unspecified atom stereocenters. The van der Waals surface area contributed by atoms with E-state index in [1.54, 1.807) is 7.11 Å². The molecule has 2 aliphatic rings. The maximum Gasteiger partial charge on any atom is 0.162 e. The fourth-order valence-electron chi connectivity index (χ4n) is 4.36. The summed E-state index contributed by atoms with van der Waals surface area (Å²) in [7, 11) is 1.62. The van der Waals surface area contributed by atoms with Crippen molar-refractivity contribution in [3.05, 3.63) is 88.3 Å². The van der Waals surface area contributed by atoms with Crippen molar-refractivity contribution in [2.45, 2.75) is 31.6 Å². The number of allylic oxidation sites excluding steroid dienone is 4. The monoisotopic (exact) mass is 370 g/mol. The second-order valence-electron chi connectivity index (χ2n) is 7.28. The minimum absolute atomic E-state index is 0.0961. The summed E-state index contributed by atoms with van der Waals surface area (Å²) >= 11 is 0. The molecule has 0 aromatic heterocycles. The number of hydrogen-bond acceptors (Lipinski definition) is 4. The molecule has 0 radical (unpaired) electrons. The van der Waals surface area contributed by atoms with E-state index in [0.29, 0.717) is 23.3 Å².